The highest BCUT2D eigenvalue weighted by molar-refractivity contribution is 5.77. The summed E-state index contributed by atoms with van der Waals surface area (Å²) in [4.78, 5) is 21.9. The lowest BCUT2D eigenvalue weighted by molar-refractivity contribution is -0.384. The van der Waals surface area contributed by atoms with Crippen molar-refractivity contribution >= 4 is 11.6 Å². The predicted molar refractivity (Wildman–Crippen MR) is 67.0 cm³/mol. The van der Waals surface area contributed by atoms with Crippen LogP contribution < -0.4 is 4.74 Å². The van der Waals surface area contributed by atoms with Gasteiger partial charge in [0.2, 0.25) is 0 Å². The van der Waals surface area contributed by atoms with E-state index in [1.54, 1.807) is 0 Å². The summed E-state index contributed by atoms with van der Waals surface area (Å²) >= 11 is 0. The molecular formula is C12H13F3N2O4. The molecule has 9 heteroatoms. The van der Waals surface area contributed by atoms with Crippen LogP contribution >= 0.6 is 0 Å². The van der Waals surface area contributed by atoms with Crippen LogP contribution in [0.4, 0.5) is 18.9 Å². The standard InChI is InChI=1S/C12H13F3N2O4/c1-8-5-9(17(19)20)3-4-10(8)21-6-11(18)16(2)7-12(13,14)15/h3-5H,6-7H2,1-2H3. The summed E-state index contributed by atoms with van der Waals surface area (Å²) in [5, 5.41) is 10.6. The second-order valence-electron chi connectivity index (χ2n) is 4.36. The zero-order valence-electron chi connectivity index (χ0n) is 11.3. The van der Waals surface area contributed by atoms with Gasteiger partial charge in [-0.15, -0.1) is 0 Å². The van der Waals surface area contributed by atoms with Crippen LogP contribution in [-0.4, -0.2) is 42.1 Å². The van der Waals surface area contributed by atoms with E-state index in [1.807, 2.05) is 0 Å². The molecule has 0 fully saturated rings. The Kier molecular flexibility index (Phi) is 5.12. The van der Waals surface area contributed by atoms with Gasteiger partial charge in [-0.05, 0) is 18.6 Å². The van der Waals surface area contributed by atoms with Crippen LogP contribution in [0.15, 0.2) is 18.2 Å². The second kappa shape index (κ2) is 6.42. The van der Waals surface area contributed by atoms with E-state index < -0.39 is 30.2 Å². The first-order valence-corrected chi connectivity index (χ1v) is 5.78. The van der Waals surface area contributed by atoms with Crippen molar-refractivity contribution in [3.05, 3.63) is 33.9 Å². The van der Waals surface area contributed by atoms with Gasteiger partial charge >= 0.3 is 6.18 Å². The fourth-order valence-corrected chi connectivity index (χ4v) is 1.52. The molecule has 0 heterocycles. The number of halogens is 3. The summed E-state index contributed by atoms with van der Waals surface area (Å²) in [6, 6.07) is 3.73. The van der Waals surface area contributed by atoms with E-state index in [0.717, 1.165) is 7.05 Å². The molecule has 1 aromatic carbocycles. The monoisotopic (exact) mass is 306 g/mol. The van der Waals surface area contributed by atoms with Crippen molar-refractivity contribution in [3.63, 3.8) is 0 Å². The number of carbonyl (C=O) groups is 1. The average Bonchev–Trinajstić information content (AvgIpc) is 2.34. The van der Waals surface area contributed by atoms with Crippen molar-refractivity contribution in [1.29, 1.82) is 0 Å². The highest BCUT2D eigenvalue weighted by Gasteiger charge is 2.31. The first-order chi connectivity index (χ1) is 9.60. The Morgan fingerprint density at radius 3 is 2.52 bits per heavy atom. The number of rotatable bonds is 5. The molecule has 1 rings (SSSR count). The van der Waals surface area contributed by atoms with Crippen LogP contribution in [-0.2, 0) is 4.79 Å². The maximum absolute atomic E-state index is 12.1. The first-order valence-electron chi connectivity index (χ1n) is 5.78. The average molecular weight is 306 g/mol. The minimum absolute atomic E-state index is 0.139. The molecule has 21 heavy (non-hydrogen) atoms. The Labute approximate surface area is 118 Å². The lowest BCUT2D eigenvalue weighted by Gasteiger charge is -2.19. The SMILES string of the molecule is Cc1cc([N+](=O)[O-])ccc1OCC(=O)N(C)CC(F)(F)F. The molecule has 0 atom stereocenters. The first kappa shape index (κ1) is 16.7. The van der Waals surface area contributed by atoms with Crippen molar-refractivity contribution in [1.82, 2.24) is 4.90 Å². The van der Waals surface area contributed by atoms with Crippen molar-refractivity contribution in [2.75, 3.05) is 20.2 Å². The zero-order valence-corrected chi connectivity index (χ0v) is 11.3. The van der Waals surface area contributed by atoms with Crippen LogP contribution in [0.1, 0.15) is 5.56 Å². The van der Waals surface area contributed by atoms with Crippen LogP contribution in [0.5, 0.6) is 5.75 Å². The van der Waals surface area contributed by atoms with Gasteiger partial charge in [0.25, 0.3) is 11.6 Å². The summed E-state index contributed by atoms with van der Waals surface area (Å²) in [6.07, 6.45) is -4.48. The Balaban J connectivity index is 2.63. The van der Waals surface area contributed by atoms with E-state index in [4.69, 9.17) is 4.74 Å². The number of nitro groups is 1. The molecule has 116 valence electrons. The lowest BCUT2D eigenvalue weighted by atomic mass is 10.2. The fraction of sp³-hybridized carbons (Fsp3) is 0.417. The topological polar surface area (TPSA) is 72.7 Å². The van der Waals surface area contributed by atoms with Crippen molar-refractivity contribution in [2.24, 2.45) is 0 Å². The van der Waals surface area contributed by atoms with Crippen LogP contribution in [0.25, 0.3) is 0 Å². The molecule has 0 unspecified atom stereocenters. The fourth-order valence-electron chi connectivity index (χ4n) is 1.52. The zero-order chi connectivity index (χ0) is 16.2. The number of hydrogen-bond acceptors (Lipinski definition) is 4. The Morgan fingerprint density at radius 1 is 1.43 bits per heavy atom. The molecular weight excluding hydrogens is 293 g/mol. The van der Waals surface area contributed by atoms with Gasteiger partial charge in [0.05, 0.1) is 4.92 Å². The van der Waals surface area contributed by atoms with Gasteiger partial charge in [0.1, 0.15) is 12.3 Å². The van der Waals surface area contributed by atoms with E-state index in [-0.39, 0.29) is 11.4 Å². The highest BCUT2D eigenvalue weighted by atomic mass is 19.4. The third kappa shape index (κ3) is 5.28. The Morgan fingerprint density at radius 2 is 2.05 bits per heavy atom. The molecule has 0 aromatic heterocycles. The van der Waals surface area contributed by atoms with Gasteiger partial charge in [-0.2, -0.15) is 13.2 Å². The van der Waals surface area contributed by atoms with Crippen LogP contribution in [0.2, 0.25) is 0 Å². The molecule has 0 spiro atoms. The van der Waals surface area contributed by atoms with Crippen LogP contribution in [0, 0.1) is 17.0 Å². The highest BCUT2D eigenvalue weighted by Crippen LogP contribution is 2.23. The molecule has 1 aromatic rings. The largest absolute Gasteiger partial charge is 0.483 e. The van der Waals surface area contributed by atoms with Gasteiger partial charge in [0.15, 0.2) is 6.61 Å². The van der Waals surface area contributed by atoms with E-state index in [0.29, 0.717) is 10.5 Å². The van der Waals surface area contributed by atoms with E-state index in [9.17, 15) is 28.1 Å². The maximum Gasteiger partial charge on any atom is 0.406 e. The lowest BCUT2D eigenvalue weighted by Crippen LogP contribution is -2.38. The number of nitro benzene ring substituents is 1. The quantitative estimate of drug-likeness (QED) is 0.618. The van der Waals surface area contributed by atoms with Crippen LogP contribution in [0.3, 0.4) is 0 Å². The third-order valence-electron chi connectivity index (χ3n) is 2.56. The molecule has 0 aliphatic rings. The summed E-state index contributed by atoms with van der Waals surface area (Å²) in [6.45, 7) is -0.411. The molecule has 1 amide bonds. The van der Waals surface area contributed by atoms with Gasteiger partial charge in [-0.3, -0.25) is 14.9 Å². The van der Waals surface area contributed by atoms with Crippen molar-refractivity contribution < 1.29 is 27.6 Å². The molecule has 0 radical (unpaired) electrons. The number of ether oxygens (including phenoxy) is 1. The van der Waals surface area contributed by atoms with E-state index in [1.165, 1.54) is 25.1 Å². The molecule has 0 aliphatic carbocycles. The molecule has 0 N–H and O–H groups in total. The molecule has 6 nitrogen and oxygen atoms in total. The number of benzene rings is 1. The molecule has 0 saturated carbocycles. The Bertz CT molecular complexity index is 546. The minimum Gasteiger partial charge on any atom is -0.483 e. The van der Waals surface area contributed by atoms with Gasteiger partial charge < -0.3 is 9.64 Å². The number of aryl methyl sites for hydroxylation is 1. The summed E-state index contributed by atoms with van der Waals surface area (Å²) < 4.78 is 41.4. The van der Waals surface area contributed by atoms with E-state index in [2.05, 4.69) is 0 Å². The van der Waals surface area contributed by atoms with Gasteiger partial charge in [-0.25, -0.2) is 0 Å². The minimum atomic E-state index is -4.48. The Hall–Kier alpha value is -2.32. The second-order valence-corrected chi connectivity index (χ2v) is 4.36. The number of non-ortho nitro benzene ring substituents is 1. The summed E-state index contributed by atoms with van der Waals surface area (Å²) in [5.41, 5.74) is 0.274. The number of nitrogens with zero attached hydrogens (tertiary/aromatic N) is 2. The number of hydrogen-bond donors (Lipinski definition) is 0. The van der Waals surface area contributed by atoms with E-state index >= 15 is 0 Å². The predicted octanol–water partition coefficient (Wildman–Crippen LogP) is 2.30. The van der Waals surface area contributed by atoms with Gasteiger partial charge in [0, 0.05) is 19.2 Å². The van der Waals surface area contributed by atoms with Crippen molar-refractivity contribution in [3.8, 4) is 5.75 Å². The summed E-state index contributed by atoms with van der Waals surface area (Å²) in [7, 11) is 1.02. The number of alkyl halides is 3. The maximum atomic E-state index is 12.1. The molecule has 0 saturated heterocycles. The smallest absolute Gasteiger partial charge is 0.406 e. The normalized spacial score (nSPS) is 11.1. The van der Waals surface area contributed by atoms with Gasteiger partial charge in [-0.1, -0.05) is 0 Å². The number of amides is 1. The summed E-state index contributed by atoms with van der Waals surface area (Å²) in [5.74, 6) is -0.639. The molecule has 0 aliphatic heterocycles. The van der Waals surface area contributed by atoms with Crippen molar-refractivity contribution in [2.45, 2.75) is 13.1 Å². The molecule has 0 bridgehead atoms. The third-order valence-corrected chi connectivity index (χ3v) is 2.56. The number of carbonyl (C=O) groups excluding carboxylic acids is 1. The number of likely N-dealkylation sites (N-methyl/N-ethyl adjacent to an activating group) is 1.